The maximum Gasteiger partial charge on any atom is 0.0636 e. The third-order valence-corrected chi connectivity index (χ3v) is 6.61. The van der Waals surface area contributed by atoms with Crippen LogP contribution in [-0.4, -0.2) is 11.4 Å². The molecule has 0 spiro atoms. The van der Waals surface area contributed by atoms with Gasteiger partial charge in [-0.2, -0.15) is 0 Å². The Labute approximate surface area is 226 Å². The van der Waals surface area contributed by atoms with Crippen LogP contribution in [0.2, 0.25) is 0 Å². The number of aliphatic imine (C=N–C) groups is 2. The Morgan fingerprint density at radius 3 is 1.74 bits per heavy atom. The third kappa shape index (κ3) is 10.8. The molecule has 0 fully saturated rings. The molecule has 0 amide bonds. The van der Waals surface area contributed by atoms with E-state index in [0.29, 0.717) is 0 Å². The second kappa shape index (κ2) is 17.7. The van der Waals surface area contributed by atoms with Crippen LogP contribution in [0, 0.1) is 13.8 Å². The van der Waals surface area contributed by atoms with Gasteiger partial charge < -0.3 is 0 Å². The van der Waals surface area contributed by atoms with Crippen molar-refractivity contribution in [3.8, 4) is 0 Å². The molecule has 0 N–H and O–H groups in total. The summed E-state index contributed by atoms with van der Waals surface area (Å²) < 4.78 is 0. The normalized spacial score (nSPS) is 12.1. The van der Waals surface area contributed by atoms with Crippen LogP contribution >= 0.6 is 0 Å². The zero-order chi connectivity index (χ0) is 24.8. The van der Waals surface area contributed by atoms with Crippen molar-refractivity contribution < 1.29 is 16.5 Å². The SMILES string of the molecule is CCCCCCC(=Nc1ccc(CCC)c(CCC)c1)C(CCCC)=Nc1ccc(C)c(C)c1.[Ni]. The van der Waals surface area contributed by atoms with E-state index in [0.717, 1.165) is 43.5 Å². The van der Waals surface area contributed by atoms with Gasteiger partial charge in [-0.3, -0.25) is 9.98 Å². The van der Waals surface area contributed by atoms with Crippen LogP contribution in [0.1, 0.15) is 114 Å². The van der Waals surface area contributed by atoms with E-state index in [4.69, 9.17) is 9.98 Å². The van der Waals surface area contributed by atoms with E-state index in [1.165, 1.54) is 78.6 Å². The van der Waals surface area contributed by atoms with Crippen LogP contribution in [0.5, 0.6) is 0 Å². The van der Waals surface area contributed by atoms with Crippen LogP contribution < -0.4 is 0 Å². The van der Waals surface area contributed by atoms with E-state index in [1.807, 2.05) is 0 Å². The zero-order valence-electron chi connectivity index (χ0n) is 23.2. The third-order valence-electron chi connectivity index (χ3n) is 6.61. The van der Waals surface area contributed by atoms with E-state index in [2.05, 4.69) is 77.9 Å². The molecule has 0 radical (unpaired) electrons. The van der Waals surface area contributed by atoms with Gasteiger partial charge in [-0.25, -0.2) is 0 Å². The Morgan fingerprint density at radius 2 is 1.14 bits per heavy atom. The van der Waals surface area contributed by atoms with Crippen molar-refractivity contribution in [1.82, 2.24) is 0 Å². The van der Waals surface area contributed by atoms with Crippen molar-refractivity contribution in [2.45, 2.75) is 119 Å². The molecule has 0 aliphatic heterocycles. The molecule has 0 unspecified atom stereocenters. The summed E-state index contributed by atoms with van der Waals surface area (Å²) in [5.74, 6) is 0. The maximum absolute atomic E-state index is 5.28. The summed E-state index contributed by atoms with van der Waals surface area (Å²) in [5.41, 5.74) is 10.1. The first-order valence-corrected chi connectivity index (χ1v) is 13.9. The average Bonchev–Trinajstić information content (AvgIpc) is 2.83. The number of hydrogen-bond donors (Lipinski definition) is 0. The summed E-state index contributed by atoms with van der Waals surface area (Å²) in [6.45, 7) is 13.4. The fourth-order valence-electron chi connectivity index (χ4n) is 4.40. The molecule has 0 aliphatic rings. The van der Waals surface area contributed by atoms with E-state index >= 15 is 0 Å². The zero-order valence-corrected chi connectivity index (χ0v) is 24.1. The van der Waals surface area contributed by atoms with Crippen molar-refractivity contribution in [2.24, 2.45) is 9.98 Å². The molecular formula is C32H48N2Ni. The second-order valence-corrected chi connectivity index (χ2v) is 9.75. The van der Waals surface area contributed by atoms with Crippen LogP contribution in [-0.2, 0) is 29.3 Å². The quantitative estimate of drug-likeness (QED) is 0.127. The Kier molecular flexibility index (Phi) is 15.8. The molecular weight excluding hydrogens is 471 g/mol. The average molecular weight is 519 g/mol. The number of rotatable bonds is 15. The number of hydrogen-bond acceptors (Lipinski definition) is 2. The molecule has 0 aromatic heterocycles. The molecule has 3 heteroatoms. The summed E-state index contributed by atoms with van der Waals surface area (Å²) in [6, 6.07) is 13.4. The van der Waals surface area contributed by atoms with E-state index in [9.17, 15) is 0 Å². The summed E-state index contributed by atoms with van der Waals surface area (Å²) in [5, 5.41) is 0. The van der Waals surface area contributed by atoms with Gasteiger partial charge >= 0.3 is 0 Å². The van der Waals surface area contributed by atoms with E-state index < -0.39 is 0 Å². The summed E-state index contributed by atoms with van der Waals surface area (Å²) in [7, 11) is 0. The molecule has 0 saturated heterocycles. The fraction of sp³-hybridized carbons (Fsp3) is 0.562. The molecule has 0 bridgehead atoms. The first kappa shape index (κ1) is 31.3. The number of aryl methyl sites for hydroxylation is 4. The molecule has 0 aliphatic carbocycles. The van der Waals surface area contributed by atoms with Crippen LogP contribution in [0.25, 0.3) is 0 Å². The van der Waals surface area contributed by atoms with Gasteiger partial charge in [0.05, 0.1) is 22.8 Å². The standard InChI is InChI=1S/C32H48N2.Ni/c1-7-11-13-14-18-32(34-30-22-20-27(15-9-3)28(24-30)16-10-4)31(17-12-8-2)33-29-21-19-25(5)26(6)23-29;/h19-24H,7-18H2,1-6H3;. The van der Waals surface area contributed by atoms with Crippen LogP contribution in [0.4, 0.5) is 11.4 Å². The number of benzene rings is 2. The predicted octanol–water partition coefficient (Wildman–Crippen LogP) is 10.2. The van der Waals surface area contributed by atoms with Gasteiger partial charge in [0.2, 0.25) is 0 Å². The van der Waals surface area contributed by atoms with Crippen LogP contribution in [0.15, 0.2) is 46.4 Å². The van der Waals surface area contributed by atoms with Gasteiger partial charge in [0, 0.05) is 16.5 Å². The molecule has 2 aromatic rings. The first-order valence-electron chi connectivity index (χ1n) is 13.9. The van der Waals surface area contributed by atoms with Crippen molar-refractivity contribution in [3.63, 3.8) is 0 Å². The van der Waals surface area contributed by atoms with Gasteiger partial charge in [0.1, 0.15) is 0 Å². The largest absolute Gasteiger partial charge is 0.252 e. The van der Waals surface area contributed by atoms with Gasteiger partial charge in [-0.1, -0.05) is 78.4 Å². The van der Waals surface area contributed by atoms with Crippen molar-refractivity contribution in [1.29, 1.82) is 0 Å². The number of unbranched alkanes of at least 4 members (excludes halogenated alkanes) is 4. The summed E-state index contributed by atoms with van der Waals surface area (Å²) in [6.07, 6.45) is 13.9. The van der Waals surface area contributed by atoms with Gasteiger partial charge in [-0.05, 0) is 98.9 Å². The van der Waals surface area contributed by atoms with E-state index in [1.54, 1.807) is 0 Å². The number of nitrogens with zero attached hydrogens (tertiary/aromatic N) is 2. The summed E-state index contributed by atoms with van der Waals surface area (Å²) in [4.78, 5) is 10.5. The molecule has 196 valence electrons. The van der Waals surface area contributed by atoms with Crippen LogP contribution in [0.3, 0.4) is 0 Å². The Hall–Kier alpha value is -1.73. The molecule has 2 rings (SSSR count). The second-order valence-electron chi connectivity index (χ2n) is 9.75. The molecule has 0 saturated carbocycles. The topological polar surface area (TPSA) is 24.7 Å². The van der Waals surface area contributed by atoms with Crippen molar-refractivity contribution >= 4 is 22.8 Å². The Bertz CT molecular complexity index is 943. The van der Waals surface area contributed by atoms with Gasteiger partial charge in [0.15, 0.2) is 0 Å². The molecule has 0 heterocycles. The Morgan fingerprint density at radius 1 is 0.571 bits per heavy atom. The summed E-state index contributed by atoms with van der Waals surface area (Å²) >= 11 is 0. The molecule has 35 heavy (non-hydrogen) atoms. The van der Waals surface area contributed by atoms with Crippen molar-refractivity contribution in [3.05, 3.63) is 58.7 Å². The molecule has 2 aromatic carbocycles. The molecule has 0 atom stereocenters. The van der Waals surface area contributed by atoms with E-state index in [-0.39, 0.29) is 16.5 Å². The smallest absolute Gasteiger partial charge is 0.0636 e. The maximum atomic E-state index is 5.28. The minimum atomic E-state index is 0. The minimum Gasteiger partial charge on any atom is -0.252 e. The fourth-order valence-corrected chi connectivity index (χ4v) is 4.40. The monoisotopic (exact) mass is 518 g/mol. The first-order chi connectivity index (χ1) is 16.5. The van der Waals surface area contributed by atoms with Gasteiger partial charge in [-0.15, -0.1) is 0 Å². The predicted molar refractivity (Wildman–Crippen MR) is 153 cm³/mol. The molecule has 2 nitrogen and oxygen atoms in total. The van der Waals surface area contributed by atoms with Crippen molar-refractivity contribution in [2.75, 3.05) is 0 Å². The minimum absolute atomic E-state index is 0. The Balaban J connectivity index is 0.00000612. The van der Waals surface area contributed by atoms with Gasteiger partial charge in [0.25, 0.3) is 0 Å².